The zero-order valence-electron chi connectivity index (χ0n) is 9.06. The van der Waals surface area contributed by atoms with Crippen molar-refractivity contribution >= 4 is 17.5 Å². The first-order chi connectivity index (χ1) is 6.93. The summed E-state index contributed by atoms with van der Waals surface area (Å²) < 4.78 is 0. The summed E-state index contributed by atoms with van der Waals surface area (Å²) in [5.74, 6) is -0.414. The molecule has 82 valence electrons. The van der Waals surface area contributed by atoms with Crippen molar-refractivity contribution in [2.75, 3.05) is 17.7 Å². The summed E-state index contributed by atoms with van der Waals surface area (Å²) in [6.45, 7) is 4.01. The molecule has 0 radical (unpaired) electrons. The average Bonchev–Trinajstić information content (AvgIpc) is 2.16. The molecule has 0 aliphatic rings. The number of anilines is 2. The van der Waals surface area contributed by atoms with Crippen LogP contribution in [0.15, 0.2) is 12.3 Å². The van der Waals surface area contributed by atoms with Crippen LogP contribution in [-0.4, -0.2) is 29.1 Å². The summed E-state index contributed by atoms with van der Waals surface area (Å²) >= 11 is 0. The molecule has 0 aliphatic heterocycles. The van der Waals surface area contributed by atoms with E-state index in [1.807, 2.05) is 25.8 Å². The first-order valence-corrected chi connectivity index (χ1v) is 4.65. The maximum absolute atomic E-state index is 10.7. The Hall–Kier alpha value is -1.78. The molecule has 0 aliphatic carbocycles. The smallest absolute Gasteiger partial charge is 0.337 e. The van der Waals surface area contributed by atoms with Crippen LogP contribution >= 0.6 is 0 Å². The second kappa shape index (κ2) is 4.16. The Morgan fingerprint density at radius 3 is 2.60 bits per heavy atom. The van der Waals surface area contributed by atoms with Gasteiger partial charge < -0.3 is 15.7 Å². The van der Waals surface area contributed by atoms with E-state index in [-0.39, 0.29) is 11.6 Å². The molecule has 1 aromatic heterocycles. The van der Waals surface area contributed by atoms with E-state index in [1.165, 1.54) is 12.3 Å². The summed E-state index contributed by atoms with van der Waals surface area (Å²) in [4.78, 5) is 16.6. The van der Waals surface area contributed by atoms with Crippen LogP contribution in [0.3, 0.4) is 0 Å². The lowest BCUT2D eigenvalue weighted by molar-refractivity contribution is 0.0696. The molecule has 15 heavy (non-hydrogen) atoms. The van der Waals surface area contributed by atoms with E-state index in [0.717, 1.165) is 0 Å². The van der Waals surface area contributed by atoms with Gasteiger partial charge in [-0.3, -0.25) is 0 Å². The third kappa shape index (κ3) is 2.37. The maximum atomic E-state index is 10.7. The van der Waals surface area contributed by atoms with Crippen LogP contribution in [0.5, 0.6) is 0 Å². The molecule has 1 aromatic rings. The summed E-state index contributed by atoms with van der Waals surface area (Å²) in [6.07, 6.45) is 1.31. The van der Waals surface area contributed by atoms with Gasteiger partial charge in [0.25, 0.3) is 0 Å². The number of carbonyl (C=O) groups is 1. The van der Waals surface area contributed by atoms with Crippen molar-refractivity contribution in [2.24, 2.45) is 0 Å². The van der Waals surface area contributed by atoms with E-state index >= 15 is 0 Å². The van der Waals surface area contributed by atoms with E-state index in [2.05, 4.69) is 4.98 Å². The van der Waals surface area contributed by atoms with Gasteiger partial charge >= 0.3 is 5.97 Å². The number of nitrogens with zero attached hydrogens (tertiary/aromatic N) is 2. The molecular formula is C10H15N3O2. The highest BCUT2D eigenvalue weighted by molar-refractivity contribution is 5.89. The largest absolute Gasteiger partial charge is 0.478 e. The molecule has 0 fully saturated rings. The fourth-order valence-corrected chi connectivity index (χ4v) is 1.13. The quantitative estimate of drug-likeness (QED) is 0.782. The van der Waals surface area contributed by atoms with Gasteiger partial charge in [-0.05, 0) is 19.9 Å². The van der Waals surface area contributed by atoms with Crippen LogP contribution in [0, 0.1) is 0 Å². The zero-order valence-corrected chi connectivity index (χ0v) is 9.06. The van der Waals surface area contributed by atoms with E-state index in [1.54, 1.807) is 0 Å². The van der Waals surface area contributed by atoms with Gasteiger partial charge in [0.1, 0.15) is 0 Å². The van der Waals surface area contributed by atoms with Crippen molar-refractivity contribution in [1.29, 1.82) is 0 Å². The standard InChI is InChI=1S/C10H15N3O2/c1-6(2)13(3)9-8(11)4-7(5-12-9)10(14)15/h4-6H,11H2,1-3H3,(H,14,15). The van der Waals surface area contributed by atoms with E-state index < -0.39 is 5.97 Å². The predicted molar refractivity (Wildman–Crippen MR) is 59.1 cm³/mol. The van der Waals surface area contributed by atoms with Crippen LogP contribution in [0.4, 0.5) is 11.5 Å². The minimum absolute atomic E-state index is 0.105. The Morgan fingerprint density at radius 2 is 2.20 bits per heavy atom. The van der Waals surface area contributed by atoms with Gasteiger partial charge in [0, 0.05) is 19.3 Å². The Morgan fingerprint density at radius 1 is 1.60 bits per heavy atom. The number of hydrogen-bond acceptors (Lipinski definition) is 4. The molecule has 0 atom stereocenters. The summed E-state index contributed by atoms with van der Waals surface area (Å²) in [5.41, 5.74) is 6.22. The number of aromatic carboxylic acids is 1. The summed E-state index contributed by atoms with van der Waals surface area (Å²) in [5, 5.41) is 8.74. The van der Waals surface area contributed by atoms with Gasteiger partial charge in [-0.15, -0.1) is 0 Å². The predicted octanol–water partition coefficient (Wildman–Crippen LogP) is 1.21. The number of nitrogens with two attached hydrogens (primary N) is 1. The number of rotatable bonds is 3. The fourth-order valence-electron chi connectivity index (χ4n) is 1.13. The van der Waals surface area contributed by atoms with Crippen LogP contribution in [0.2, 0.25) is 0 Å². The van der Waals surface area contributed by atoms with Gasteiger partial charge in [0.15, 0.2) is 5.82 Å². The Kier molecular flexibility index (Phi) is 3.14. The number of nitrogen functional groups attached to an aromatic ring is 1. The average molecular weight is 209 g/mol. The highest BCUT2D eigenvalue weighted by Crippen LogP contribution is 2.21. The minimum atomic E-state index is -1.02. The SMILES string of the molecule is CC(C)N(C)c1ncc(C(=O)O)cc1N. The molecule has 0 bridgehead atoms. The van der Waals surface area contributed by atoms with E-state index in [4.69, 9.17) is 10.8 Å². The van der Waals surface area contributed by atoms with Crippen LogP contribution in [-0.2, 0) is 0 Å². The first kappa shape index (κ1) is 11.3. The molecule has 0 unspecified atom stereocenters. The molecule has 3 N–H and O–H groups in total. The second-order valence-corrected chi connectivity index (χ2v) is 3.65. The third-order valence-electron chi connectivity index (χ3n) is 2.25. The van der Waals surface area contributed by atoms with Crippen LogP contribution in [0.25, 0.3) is 0 Å². The number of carboxylic acid groups (broad SMARTS) is 1. The Labute approximate surface area is 88.5 Å². The summed E-state index contributed by atoms with van der Waals surface area (Å²) in [7, 11) is 1.86. The van der Waals surface area contributed by atoms with Crippen LogP contribution in [0.1, 0.15) is 24.2 Å². The normalized spacial score (nSPS) is 10.4. The van der Waals surface area contributed by atoms with Crippen molar-refractivity contribution in [2.45, 2.75) is 19.9 Å². The second-order valence-electron chi connectivity index (χ2n) is 3.65. The lowest BCUT2D eigenvalue weighted by Gasteiger charge is -2.23. The van der Waals surface area contributed by atoms with Gasteiger partial charge in [-0.1, -0.05) is 0 Å². The monoisotopic (exact) mass is 209 g/mol. The summed E-state index contributed by atoms with van der Waals surface area (Å²) in [6, 6.07) is 1.68. The fraction of sp³-hybridized carbons (Fsp3) is 0.400. The molecule has 5 nitrogen and oxygen atoms in total. The minimum Gasteiger partial charge on any atom is -0.478 e. The Bertz CT molecular complexity index is 377. The highest BCUT2D eigenvalue weighted by atomic mass is 16.4. The van der Waals surface area contributed by atoms with Gasteiger partial charge in [-0.25, -0.2) is 9.78 Å². The number of aromatic nitrogens is 1. The maximum Gasteiger partial charge on any atom is 0.337 e. The molecule has 0 aromatic carbocycles. The van der Waals surface area contributed by atoms with Crippen molar-refractivity contribution < 1.29 is 9.90 Å². The number of carboxylic acids is 1. The van der Waals surface area contributed by atoms with Crippen molar-refractivity contribution in [3.05, 3.63) is 17.8 Å². The van der Waals surface area contributed by atoms with E-state index in [9.17, 15) is 4.79 Å². The van der Waals surface area contributed by atoms with Gasteiger partial charge in [0.2, 0.25) is 0 Å². The molecule has 0 saturated heterocycles. The third-order valence-corrected chi connectivity index (χ3v) is 2.25. The van der Waals surface area contributed by atoms with Gasteiger partial charge in [-0.2, -0.15) is 0 Å². The van der Waals surface area contributed by atoms with E-state index in [0.29, 0.717) is 11.5 Å². The lowest BCUT2D eigenvalue weighted by Crippen LogP contribution is -2.27. The molecule has 0 spiro atoms. The highest BCUT2D eigenvalue weighted by Gasteiger charge is 2.12. The number of pyridine rings is 1. The van der Waals surface area contributed by atoms with Crippen LogP contribution < -0.4 is 10.6 Å². The Balaban J connectivity index is 3.08. The van der Waals surface area contributed by atoms with Crippen molar-refractivity contribution in [3.8, 4) is 0 Å². The van der Waals surface area contributed by atoms with Crippen molar-refractivity contribution in [1.82, 2.24) is 4.98 Å². The number of hydrogen-bond donors (Lipinski definition) is 2. The first-order valence-electron chi connectivity index (χ1n) is 4.65. The molecule has 0 saturated carbocycles. The van der Waals surface area contributed by atoms with Gasteiger partial charge in [0.05, 0.1) is 11.3 Å². The van der Waals surface area contributed by atoms with Crippen molar-refractivity contribution in [3.63, 3.8) is 0 Å². The molecule has 0 amide bonds. The molecule has 5 heteroatoms. The topological polar surface area (TPSA) is 79.5 Å². The molecular weight excluding hydrogens is 194 g/mol. The molecule has 1 rings (SSSR count). The zero-order chi connectivity index (χ0) is 11.6. The molecule has 1 heterocycles. The lowest BCUT2D eigenvalue weighted by atomic mass is 10.2.